The standard InChI is InChI=1S/C44H68N2O8/c1-13-41(5,6)31-25-29(26-32(37(31)49)42(7,8)14-2)17-19-35(47)53-23-21-45-39(51)40(52)46-22-24-54-36(48)20-18-30-27-33(43(9,10)15-3)38(50)34(28-30)44(11,12)16-4/h25-28,49-50H,13-24H2,1-12H3,(H,45,51)(H,46,52). The van der Waals surface area contributed by atoms with Crippen LogP contribution in [0.4, 0.5) is 0 Å². The highest BCUT2D eigenvalue weighted by Crippen LogP contribution is 2.44. The van der Waals surface area contributed by atoms with Crippen LogP contribution in [-0.2, 0) is 63.2 Å². The zero-order valence-electron chi connectivity index (χ0n) is 35.1. The van der Waals surface area contributed by atoms with Crippen molar-refractivity contribution in [3.05, 3.63) is 57.6 Å². The quantitative estimate of drug-likeness (QED) is 0.0610. The first-order valence-electron chi connectivity index (χ1n) is 19.7. The first-order valence-corrected chi connectivity index (χ1v) is 19.7. The molecule has 0 aliphatic carbocycles. The molecule has 2 amide bonds. The predicted octanol–water partition coefficient (Wildman–Crippen LogP) is 7.73. The van der Waals surface area contributed by atoms with Crippen molar-refractivity contribution < 1.29 is 38.9 Å². The number of phenolic OH excluding ortho intramolecular Hbond substituents is 2. The van der Waals surface area contributed by atoms with E-state index in [1.165, 1.54) is 0 Å². The van der Waals surface area contributed by atoms with E-state index in [1.54, 1.807) is 0 Å². The highest BCUT2D eigenvalue weighted by Gasteiger charge is 2.31. The third kappa shape index (κ3) is 12.5. The van der Waals surface area contributed by atoms with Crippen LogP contribution in [0.1, 0.15) is 155 Å². The molecule has 2 aromatic carbocycles. The maximum Gasteiger partial charge on any atom is 0.309 e. The second-order valence-corrected chi connectivity index (χ2v) is 17.0. The molecule has 10 nitrogen and oxygen atoms in total. The summed E-state index contributed by atoms with van der Waals surface area (Å²) in [7, 11) is 0. The number of esters is 2. The molecule has 4 N–H and O–H groups in total. The summed E-state index contributed by atoms with van der Waals surface area (Å²) < 4.78 is 10.6. The van der Waals surface area contributed by atoms with E-state index in [9.17, 15) is 29.4 Å². The van der Waals surface area contributed by atoms with Crippen molar-refractivity contribution in [1.82, 2.24) is 10.6 Å². The number of benzene rings is 2. The monoisotopic (exact) mass is 752 g/mol. The molecule has 0 aliphatic heterocycles. The fraction of sp³-hybridized carbons (Fsp3) is 0.636. The van der Waals surface area contributed by atoms with Crippen LogP contribution < -0.4 is 10.6 Å². The van der Waals surface area contributed by atoms with Gasteiger partial charge < -0.3 is 30.3 Å². The summed E-state index contributed by atoms with van der Waals surface area (Å²) in [6.45, 7) is 24.9. The second-order valence-electron chi connectivity index (χ2n) is 17.0. The summed E-state index contributed by atoms with van der Waals surface area (Å²) in [6, 6.07) is 7.91. The number of phenols is 2. The molecule has 2 rings (SSSR count). The SMILES string of the molecule is CCC(C)(C)c1cc(CCC(=O)OCCNC(=O)C(=O)NCCOC(=O)CCc2cc(C(C)(C)CC)c(O)c(C(C)(C)CC)c2)cc(C(C)(C)CC)c1O. The molecule has 0 saturated heterocycles. The van der Waals surface area contributed by atoms with Crippen LogP contribution in [0.3, 0.4) is 0 Å². The summed E-state index contributed by atoms with van der Waals surface area (Å²) in [5, 5.41) is 27.2. The average Bonchev–Trinajstić information content (AvgIpc) is 3.13. The van der Waals surface area contributed by atoms with E-state index in [-0.39, 0.29) is 60.8 Å². The van der Waals surface area contributed by atoms with Gasteiger partial charge in [-0.15, -0.1) is 0 Å². The molecule has 0 atom stereocenters. The van der Waals surface area contributed by atoms with Gasteiger partial charge in [0.2, 0.25) is 0 Å². The van der Waals surface area contributed by atoms with Gasteiger partial charge in [0.05, 0.1) is 13.1 Å². The Morgan fingerprint density at radius 3 is 1.02 bits per heavy atom. The number of aryl methyl sites for hydroxylation is 2. The maximum absolute atomic E-state index is 12.5. The smallest absolute Gasteiger partial charge is 0.309 e. The lowest BCUT2D eigenvalue weighted by Gasteiger charge is -2.31. The molecule has 302 valence electrons. The number of rotatable bonds is 20. The Hall–Kier alpha value is -4.08. The number of amides is 2. The van der Waals surface area contributed by atoms with Gasteiger partial charge in [0.25, 0.3) is 0 Å². The minimum Gasteiger partial charge on any atom is -0.507 e. The van der Waals surface area contributed by atoms with Crippen molar-refractivity contribution in [3.8, 4) is 11.5 Å². The number of carbonyl (C=O) groups excluding carboxylic acids is 4. The van der Waals surface area contributed by atoms with Crippen LogP contribution in [0.2, 0.25) is 0 Å². The Morgan fingerprint density at radius 2 is 0.778 bits per heavy atom. The van der Waals surface area contributed by atoms with E-state index in [4.69, 9.17) is 9.47 Å². The number of ether oxygens (including phenoxy) is 2. The van der Waals surface area contributed by atoms with Gasteiger partial charge in [-0.25, -0.2) is 0 Å². The van der Waals surface area contributed by atoms with Crippen LogP contribution in [0.5, 0.6) is 11.5 Å². The van der Waals surface area contributed by atoms with Gasteiger partial charge in [-0.3, -0.25) is 19.2 Å². The molecule has 2 aromatic rings. The molecule has 0 aromatic heterocycles. The Balaban J connectivity index is 1.80. The first kappa shape index (κ1) is 46.1. The van der Waals surface area contributed by atoms with Crippen molar-refractivity contribution in [1.29, 1.82) is 0 Å². The van der Waals surface area contributed by atoms with Crippen LogP contribution in [0, 0.1) is 0 Å². The largest absolute Gasteiger partial charge is 0.507 e. The van der Waals surface area contributed by atoms with Crippen LogP contribution >= 0.6 is 0 Å². The second kappa shape index (κ2) is 19.5. The third-order valence-electron chi connectivity index (χ3n) is 11.5. The molecule has 0 radical (unpaired) electrons. The summed E-state index contributed by atoms with van der Waals surface area (Å²) in [5.74, 6) is -2.00. The van der Waals surface area contributed by atoms with E-state index in [0.717, 1.165) is 59.1 Å². The summed E-state index contributed by atoms with van der Waals surface area (Å²) in [6.07, 6.45) is 4.50. The summed E-state index contributed by atoms with van der Waals surface area (Å²) in [5.41, 5.74) is 4.41. The van der Waals surface area contributed by atoms with Gasteiger partial charge in [0.1, 0.15) is 24.7 Å². The normalized spacial score (nSPS) is 12.3. The van der Waals surface area contributed by atoms with Crippen LogP contribution in [0.15, 0.2) is 24.3 Å². The van der Waals surface area contributed by atoms with E-state index in [0.29, 0.717) is 24.3 Å². The zero-order valence-corrected chi connectivity index (χ0v) is 35.1. The Kier molecular flexibility index (Phi) is 16.6. The Labute approximate surface area is 324 Å². The van der Waals surface area contributed by atoms with Crippen molar-refractivity contribution in [2.45, 2.75) is 156 Å². The topological polar surface area (TPSA) is 151 Å². The summed E-state index contributed by atoms with van der Waals surface area (Å²) in [4.78, 5) is 49.5. The van der Waals surface area contributed by atoms with Gasteiger partial charge in [0, 0.05) is 35.1 Å². The third-order valence-corrected chi connectivity index (χ3v) is 11.5. The molecule has 54 heavy (non-hydrogen) atoms. The van der Waals surface area contributed by atoms with E-state index in [1.807, 2.05) is 24.3 Å². The number of hydrogen-bond donors (Lipinski definition) is 4. The molecule has 0 aliphatic rings. The van der Waals surface area contributed by atoms with Crippen molar-refractivity contribution in [2.24, 2.45) is 0 Å². The lowest BCUT2D eigenvalue weighted by Crippen LogP contribution is -2.42. The molecule has 0 unspecified atom stereocenters. The number of hydrogen-bond acceptors (Lipinski definition) is 8. The molecular formula is C44H68N2O8. The highest BCUT2D eigenvalue weighted by atomic mass is 16.5. The maximum atomic E-state index is 12.5. The van der Waals surface area contributed by atoms with Gasteiger partial charge in [-0.1, -0.05) is 107 Å². The highest BCUT2D eigenvalue weighted by molar-refractivity contribution is 6.35. The zero-order chi connectivity index (χ0) is 41.1. The van der Waals surface area contributed by atoms with E-state index < -0.39 is 23.8 Å². The minimum atomic E-state index is -0.887. The molecule has 0 bridgehead atoms. The van der Waals surface area contributed by atoms with Gasteiger partial charge in [-0.05, 0) is 71.3 Å². The van der Waals surface area contributed by atoms with E-state index >= 15 is 0 Å². The molecular weight excluding hydrogens is 684 g/mol. The molecule has 0 spiro atoms. The molecule has 0 fully saturated rings. The van der Waals surface area contributed by atoms with Crippen LogP contribution in [-0.4, -0.2) is 60.3 Å². The lowest BCUT2D eigenvalue weighted by atomic mass is 9.74. The molecule has 10 heteroatoms. The summed E-state index contributed by atoms with van der Waals surface area (Å²) >= 11 is 0. The van der Waals surface area contributed by atoms with E-state index in [2.05, 4.69) is 93.7 Å². The Bertz CT molecular complexity index is 1430. The number of aromatic hydroxyl groups is 2. The number of carbonyl (C=O) groups is 4. The first-order chi connectivity index (χ1) is 25.1. The molecule has 0 heterocycles. The van der Waals surface area contributed by atoms with Gasteiger partial charge in [-0.2, -0.15) is 0 Å². The Morgan fingerprint density at radius 1 is 0.519 bits per heavy atom. The van der Waals surface area contributed by atoms with Crippen molar-refractivity contribution >= 4 is 23.8 Å². The fourth-order valence-corrected chi connectivity index (χ4v) is 5.96. The average molecular weight is 753 g/mol. The number of nitrogens with one attached hydrogen (secondary N) is 2. The van der Waals surface area contributed by atoms with Crippen LogP contribution in [0.25, 0.3) is 0 Å². The molecule has 0 saturated carbocycles. The van der Waals surface area contributed by atoms with Crippen molar-refractivity contribution in [2.75, 3.05) is 26.3 Å². The van der Waals surface area contributed by atoms with Gasteiger partial charge in [0.15, 0.2) is 0 Å². The fourth-order valence-electron chi connectivity index (χ4n) is 5.96. The van der Waals surface area contributed by atoms with Crippen molar-refractivity contribution in [3.63, 3.8) is 0 Å². The predicted molar refractivity (Wildman–Crippen MR) is 214 cm³/mol. The lowest BCUT2D eigenvalue weighted by molar-refractivity contribution is -0.145. The minimum absolute atomic E-state index is 0.0402. The van der Waals surface area contributed by atoms with Gasteiger partial charge >= 0.3 is 23.8 Å².